The van der Waals surface area contributed by atoms with Crippen LogP contribution in [0.25, 0.3) is 16.8 Å². The predicted molar refractivity (Wildman–Crippen MR) is 72.4 cm³/mol. The Kier molecular flexibility index (Phi) is 3.10. The van der Waals surface area contributed by atoms with Crippen molar-refractivity contribution >= 4 is 16.8 Å². The van der Waals surface area contributed by atoms with Gasteiger partial charge in [-0.15, -0.1) is 13.2 Å². The SMILES string of the molecule is C=C.C=CC1=Cc2n[nH]c(=O)c3cccc(c23)O1. The zero-order chi connectivity index (χ0) is 13.1. The van der Waals surface area contributed by atoms with Gasteiger partial charge in [0.05, 0.1) is 16.5 Å². The zero-order valence-corrected chi connectivity index (χ0v) is 9.77. The number of hydrogen-bond acceptors (Lipinski definition) is 3. The summed E-state index contributed by atoms with van der Waals surface area (Å²) in [7, 11) is 0. The fourth-order valence-electron chi connectivity index (χ4n) is 1.79. The minimum absolute atomic E-state index is 0.209. The molecule has 3 rings (SSSR count). The van der Waals surface area contributed by atoms with Crippen molar-refractivity contribution in [3.8, 4) is 5.75 Å². The van der Waals surface area contributed by atoms with Crippen molar-refractivity contribution in [3.63, 3.8) is 0 Å². The van der Waals surface area contributed by atoms with Gasteiger partial charge in [0.25, 0.3) is 5.56 Å². The average Bonchev–Trinajstić information content (AvgIpc) is 2.44. The van der Waals surface area contributed by atoms with Gasteiger partial charge in [-0.2, -0.15) is 5.10 Å². The molecule has 0 amide bonds. The van der Waals surface area contributed by atoms with Gasteiger partial charge in [0.1, 0.15) is 11.5 Å². The molecule has 0 spiro atoms. The Hall–Kier alpha value is -2.62. The Morgan fingerprint density at radius 3 is 2.83 bits per heavy atom. The van der Waals surface area contributed by atoms with Crippen LogP contribution in [0.3, 0.4) is 0 Å². The first-order valence-corrected chi connectivity index (χ1v) is 5.33. The van der Waals surface area contributed by atoms with Crippen LogP contribution in [0.1, 0.15) is 5.69 Å². The lowest BCUT2D eigenvalue weighted by atomic mass is 10.1. The second-order valence-corrected chi connectivity index (χ2v) is 3.47. The molecule has 1 aliphatic heterocycles. The fraction of sp³-hybridized carbons (Fsp3) is 0. The van der Waals surface area contributed by atoms with Crippen LogP contribution in [-0.2, 0) is 0 Å². The fourth-order valence-corrected chi connectivity index (χ4v) is 1.79. The van der Waals surface area contributed by atoms with E-state index in [1.54, 1.807) is 24.3 Å². The lowest BCUT2D eigenvalue weighted by Crippen LogP contribution is -2.12. The van der Waals surface area contributed by atoms with E-state index in [9.17, 15) is 4.79 Å². The maximum absolute atomic E-state index is 11.6. The van der Waals surface area contributed by atoms with Crippen LogP contribution in [-0.4, -0.2) is 10.2 Å². The number of nitrogens with zero attached hydrogens (tertiary/aromatic N) is 1. The van der Waals surface area contributed by atoms with Crippen molar-refractivity contribution in [2.75, 3.05) is 0 Å². The summed E-state index contributed by atoms with van der Waals surface area (Å²) in [6, 6.07) is 5.34. The van der Waals surface area contributed by atoms with Crippen LogP contribution < -0.4 is 10.3 Å². The summed E-state index contributed by atoms with van der Waals surface area (Å²) in [5.74, 6) is 1.27. The molecule has 90 valence electrons. The third-order valence-electron chi connectivity index (χ3n) is 2.51. The molecule has 0 aliphatic carbocycles. The summed E-state index contributed by atoms with van der Waals surface area (Å²) in [4.78, 5) is 11.6. The van der Waals surface area contributed by atoms with Crippen LogP contribution >= 0.6 is 0 Å². The third-order valence-corrected chi connectivity index (χ3v) is 2.51. The van der Waals surface area contributed by atoms with Gasteiger partial charge in [0, 0.05) is 6.08 Å². The molecular formula is C14H12N2O2. The second-order valence-electron chi connectivity index (χ2n) is 3.47. The quantitative estimate of drug-likeness (QED) is 0.779. The normalized spacial score (nSPS) is 11.9. The van der Waals surface area contributed by atoms with Crippen molar-refractivity contribution in [2.24, 2.45) is 0 Å². The molecular weight excluding hydrogens is 228 g/mol. The van der Waals surface area contributed by atoms with Crippen molar-refractivity contribution in [2.45, 2.75) is 0 Å². The van der Waals surface area contributed by atoms with Crippen molar-refractivity contribution in [3.05, 3.63) is 65.8 Å². The molecule has 4 nitrogen and oxygen atoms in total. The topological polar surface area (TPSA) is 55.0 Å². The van der Waals surface area contributed by atoms with Crippen LogP contribution in [0.15, 0.2) is 54.6 Å². The van der Waals surface area contributed by atoms with Gasteiger partial charge < -0.3 is 4.74 Å². The lowest BCUT2D eigenvalue weighted by Gasteiger charge is -2.15. The van der Waals surface area contributed by atoms with Crippen LogP contribution in [0.5, 0.6) is 5.75 Å². The smallest absolute Gasteiger partial charge is 0.272 e. The highest BCUT2D eigenvalue weighted by Crippen LogP contribution is 2.32. The number of rotatable bonds is 1. The van der Waals surface area contributed by atoms with Crippen LogP contribution in [0, 0.1) is 0 Å². The third kappa shape index (κ3) is 1.73. The van der Waals surface area contributed by atoms with E-state index in [1.807, 2.05) is 6.07 Å². The number of aromatic amines is 1. The van der Waals surface area contributed by atoms with Crippen molar-refractivity contribution in [1.29, 1.82) is 0 Å². The van der Waals surface area contributed by atoms with E-state index in [-0.39, 0.29) is 5.56 Å². The molecule has 1 N–H and O–H groups in total. The summed E-state index contributed by atoms with van der Waals surface area (Å²) in [5, 5.41) is 7.79. The molecule has 0 saturated heterocycles. The average molecular weight is 240 g/mol. The van der Waals surface area contributed by atoms with Crippen molar-refractivity contribution in [1.82, 2.24) is 10.2 Å². The van der Waals surface area contributed by atoms with Gasteiger partial charge in [0.15, 0.2) is 0 Å². The molecule has 1 aromatic carbocycles. The first-order valence-electron chi connectivity index (χ1n) is 5.33. The number of nitrogens with one attached hydrogen (secondary N) is 1. The molecule has 0 saturated carbocycles. The number of benzene rings is 1. The Morgan fingerprint density at radius 1 is 1.33 bits per heavy atom. The molecule has 2 heterocycles. The van der Waals surface area contributed by atoms with E-state index in [0.717, 1.165) is 5.39 Å². The molecule has 0 radical (unpaired) electrons. The van der Waals surface area contributed by atoms with E-state index in [0.29, 0.717) is 22.6 Å². The van der Waals surface area contributed by atoms with Gasteiger partial charge >= 0.3 is 0 Å². The maximum Gasteiger partial charge on any atom is 0.272 e. The highest BCUT2D eigenvalue weighted by molar-refractivity contribution is 5.95. The first-order chi connectivity index (χ1) is 8.79. The van der Waals surface area contributed by atoms with Gasteiger partial charge in [-0.05, 0) is 18.2 Å². The van der Waals surface area contributed by atoms with Crippen LogP contribution in [0.4, 0.5) is 0 Å². The van der Waals surface area contributed by atoms with E-state index >= 15 is 0 Å². The molecule has 1 aliphatic rings. The van der Waals surface area contributed by atoms with E-state index in [1.165, 1.54) is 0 Å². The molecule has 18 heavy (non-hydrogen) atoms. The van der Waals surface area contributed by atoms with Gasteiger partial charge in [-0.1, -0.05) is 12.6 Å². The molecule has 0 unspecified atom stereocenters. The molecule has 0 atom stereocenters. The number of allylic oxidation sites excluding steroid dienone is 1. The van der Waals surface area contributed by atoms with Gasteiger partial charge in [0.2, 0.25) is 0 Å². The van der Waals surface area contributed by atoms with Gasteiger partial charge in [-0.25, -0.2) is 5.10 Å². The first kappa shape index (κ1) is 11.9. The summed E-state index contributed by atoms with van der Waals surface area (Å²) >= 11 is 0. The largest absolute Gasteiger partial charge is 0.457 e. The number of hydrogen-bond donors (Lipinski definition) is 1. The van der Waals surface area contributed by atoms with E-state index in [2.05, 4.69) is 29.9 Å². The number of aromatic nitrogens is 2. The molecule has 1 aromatic heterocycles. The summed E-state index contributed by atoms with van der Waals surface area (Å²) in [5.41, 5.74) is 0.492. The minimum atomic E-state index is -0.209. The summed E-state index contributed by atoms with van der Waals surface area (Å²) < 4.78 is 5.56. The molecule has 0 fully saturated rings. The lowest BCUT2D eigenvalue weighted by molar-refractivity contribution is 0.451. The number of H-pyrrole nitrogens is 1. The van der Waals surface area contributed by atoms with Crippen molar-refractivity contribution < 1.29 is 4.74 Å². The second kappa shape index (κ2) is 4.71. The molecule has 0 bridgehead atoms. The molecule has 4 heteroatoms. The van der Waals surface area contributed by atoms with E-state index in [4.69, 9.17) is 4.74 Å². The number of ether oxygens (including phenoxy) is 1. The highest BCUT2D eigenvalue weighted by atomic mass is 16.5. The monoisotopic (exact) mass is 240 g/mol. The minimum Gasteiger partial charge on any atom is -0.457 e. The zero-order valence-electron chi connectivity index (χ0n) is 9.77. The van der Waals surface area contributed by atoms with E-state index < -0.39 is 0 Å². The Balaban J connectivity index is 0.000000574. The van der Waals surface area contributed by atoms with Gasteiger partial charge in [-0.3, -0.25) is 4.79 Å². The Labute approximate surface area is 104 Å². The summed E-state index contributed by atoms with van der Waals surface area (Å²) in [6.07, 6.45) is 3.35. The van der Waals surface area contributed by atoms with Crippen LogP contribution in [0.2, 0.25) is 0 Å². The highest BCUT2D eigenvalue weighted by Gasteiger charge is 2.15. The Bertz CT molecular complexity index is 698. The summed E-state index contributed by atoms with van der Waals surface area (Å²) in [6.45, 7) is 9.65. The Morgan fingerprint density at radius 2 is 2.11 bits per heavy atom. The predicted octanol–water partition coefficient (Wildman–Crippen LogP) is 2.64. The molecule has 2 aromatic rings. The standard InChI is InChI=1S/C12H8N2O2.C2H4/c1-2-7-6-9-11-8(12(15)14-13-9)4-3-5-10(11)16-7;1-2/h2-6H,1H2,(H,14,15);1-2H2. The maximum atomic E-state index is 11.6.